The second-order valence-corrected chi connectivity index (χ2v) is 5.90. The van der Waals surface area contributed by atoms with Crippen molar-refractivity contribution in [2.75, 3.05) is 13.7 Å². The van der Waals surface area contributed by atoms with Crippen molar-refractivity contribution in [1.82, 2.24) is 4.90 Å². The highest BCUT2D eigenvalue weighted by Gasteiger charge is 2.49. The van der Waals surface area contributed by atoms with Crippen molar-refractivity contribution in [1.29, 1.82) is 0 Å². The molecule has 0 radical (unpaired) electrons. The highest BCUT2D eigenvalue weighted by molar-refractivity contribution is 6.42. The van der Waals surface area contributed by atoms with Gasteiger partial charge < -0.3 is 14.4 Å². The molecule has 1 unspecified atom stereocenters. The van der Waals surface area contributed by atoms with Crippen LogP contribution in [0, 0.1) is 0 Å². The van der Waals surface area contributed by atoms with E-state index in [1.54, 1.807) is 24.1 Å². The number of benzene rings is 1. The molecule has 7 heteroatoms. The minimum absolute atomic E-state index is 0.0357. The summed E-state index contributed by atoms with van der Waals surface area (Å²) in [5.41, 5.74) is 0.776. The smallest absolute Gasteiger partial charge is 0.410 e. The molecule has 0 N–H and O–H groups in total. The van der Waals surface area contributed by atoms with Crippen LogP contribution in [0.2, 0.25) is 10.0 Å². The number of hydrogen-bond donors (Lipinski definition) is 0. The number of cyclic esters (lactones) is 1. The molecule has 0 saturated carbocycles. The molecular weight excluding hydrogens is 317 g/mol. The zero-order valence-corrected chi connectivity index (χ0v) is 12.7. The average Bonchev–Trinajstić information content (AvgIpc) is 3.02. The quantitative estimate of drug-likeness (QED) is 0.800. The van der Waals surface area contributed by atoms with Crippen LogP contribution in [-0.4, -0.2) is 43.1 Å². The van der Waals surface area contributed by atoms with Crippen LogP contribution < -0.4 is 4.74 Å². The zero-order valence-electron chi connectivity index (χ0n) is 11.2. The first-order valence-corrected chi connectivity index (χ1v) is 7.26. The van der Waals surface area contributed by atoms with Crippen molar-refractivity contribution in [3.63, 3.8) is 0 Å². The number of carbonyl (C=O) groups excluding carboxylic acids is 2. The summed E-state index contributed by atoms with van der Waals surface area (Å²) in [5.74, 6) is 0.595. The van der Waals surface area contributed by atoms with Crippen LogP contribution in [0.25, 0.3) is 0 Å². The van der Waals surface area contributed by atoms with Crippen LogP contribution in [-0.2, 0) is 9.53 Å². The summed E-state index contributed by atoms with van der Waals surface area (Å²) in [6, 6.07) is 3.17. The largest absolute Gasteiger partial charge is 0.496 e. The van der Waals surface area contributed by atoms with Crippen molar-refractivity contribution < 1.29 is 19.1 Å². The highest BCUT2D eigenvalue weighted by atomic mass is 35.5. The molecule has 1 aromatic carbocycles. The van der Waals surface area contributed by atoms with E-state index in [0.717, 1.165) is 5.56 Å². The summed E-state index contributed by atoms with van der Waals surface area (Å²) in [7, 11) is 1.56. The van der Waals surface area contributed by atoms with Gasteiger partial charge >= 0.3 is 6.09 Å². The monoisotopic (exact) mass is 329 g/mol. The Labute approximate surface area is 131 Å². The third-order valence-electron chi connectivity index (χ3n) is 4.05. The number of hydrogen-bond acceptors (Lipinski definition) is 4. The normalized spacial score (nSPS) is 27.5. The topological polar surface area (TPSA) is 55.8 Å². The van der Waals surface area contributed by atoms with Gasteiger partial charge in [0.05, 0.1) is 23.2 Å². The number of aldehydes is 1. The van der Waals surface area contributed by atoms with Crippen LogP contribution in [0.15, 0.2) is 12.1 Å². The van der Waals surface area contributed by atoms with Gasteiger partial charge in [0.1, 0.15) is 5.75 Å². The first kappa shape index (κ1) is 14.5. The van der Waals surface area contributed by atoms with E-state index in [0.29, 0.717) is 35.0 Å². The standard InChI is InChI=1S/C14H13Cl2NO4/c1-20-10-3-2-8(15)13(16)12(10)7-4-9-11(6-18)21-14(19)17(9)5-7/h2-3,6-7,9,11H,4-5H2,1H3/t7-,9-,11?/m0/s1. The summed E-state index contributed by atoms with van der Waals surface area (Å²) < 4.78 is 10.3. The number of carbonyl (C=O) groups is 2. The van der Waals surface area contributed by atoms with E-state index >= 15 is 0 Å². The fourth-order valence-electron chi connectivity index (χ4n) is 3.08. The van der Waals surface area contributed by atoms with E-state index in [4.69, 9.17) is 32.7 Å². The maximum atomic E-state index is 11.8. The van der Waals surface area contributed by atoms with Crippen LogP contribution in [0.4, 0.5) is 4.79 Å². The van der Waals surface area contributed by atoms with Gasteiger partial charge in [0.15, 0.2) is 12.4 Å². The van der Waals surface area contributed by atoms with Gasteiger partial charge in [-0.25, -0.2) is 4.79 Å². The Morgan fingerprint density at radius 1 is 1.43 bits per heavy atom. The third kappa shape index (κ3) is 2.24. The lowest BCUT2D eigenvalue weighted by Crippen LogP contribution is -2.30. The van der Waals surface area contributed by atoms with Crippen LogP contribution in [0.3, 0.4) is 0 Å². The van der Waals surface area contributed by atoms with E-state index in [2.05, 4.69) is 0 Å². The van der Waals surface area contributed by atoms with Crippen LogP contribution in [0.5, 0.6) is 5.75 Å². The second-order valence-electron chi connectivity index (χ2n) is 5.11. The Hall–Kier alpha value is -1.46. The predicted molar refractivity (Wildman–Crippen MR) is 77.2 cm³/mol. The molecule has 2 aliphatic heterocycles. The summed E-state index contributed by atoms with van der Waals surface area (Å²) >= 11 is 12.4. The summed E-state index contributed by atoms with van der Waals surface area (Å²) in [4.78, 5) is 24.3. The molecule has 2 heterocycles. The van der Waals surface area contributed by atoms with Crippen molar-refractivity contribution in [2.45, 2.75) is 24.5 Å². The predicted octanol–water partition coefficient (Wildman–Crippen LogP) is 2.88. The molecule has 0 aliphatic carbocycles. The van der Waals surface area contributed by atoms with Crippen LogP contribution in [0.1, 0.15) is 17.9 Å². The van der Waals surface area contributed by atoms with E-state index in [-0.39, 0.29) is 12.0 Å². The molecular formula is C14H13Cl2NO4. The van der Waals surface area contributed by atoms with E-state index in [9.17, 15) is 9.59 Å². The van der Waals surface area contributed by atoms with Gasteiger partial charge in [-0.3, -0.25) is 4.79 Å². The summed E-state index contributed by atoms with van der Waals surface area (Å²) in [5, 5.41) is 0.868. The molecule has 21 heavy (non-hydrogen) atoms. The zero-order chi connectivity index (χ0) is 15.1. The van der Waals surface area contributed by atoms with E-state index < -0.39 is 12.2 Å². The van der Waals surface area contributed by atoms with Gasteiger partial charge in [-0.2, -0.15) is 0 Å². The molecule has 1 amide bonds. The lowest BCUT2D eigenvalue weighted by Gasteiger charge is -2.18. The molecule has 3 atom stereocenters. The van der Waals surface area contributed by atoms with E-state index in [1.807, 2.05) is 0 Å². The second kappa shape index (κ2) is 5.39. The molecule has 2 aliphatic rings. The average molecular weight is 330 g/mol. The maximum absolute atomic E-state index is 11.8. The van der Waals surface area contributed by atoms with Gasteiger partial charge in [-0.1, -0.05) is 23.2 Å². The minimum Gasteiger partial charge on any atom is -0.496 e. The Kier molecular flexibility index (Phi) is 3.71. The van der Waals surface area contributed by atoms with Crippen LogP contribution >= 0.6 is 23.2 Å². The fourth-order valence-corrected chi connectivity index (χ4v) is 3.56. The summed E-state index contributed by atoms with van der Waals surface area (Å²) in [6.45, 7) is 0.435. The molecule has 2 fully saturated rings. The third-order valence-corrected chi connectivity index (χ3v) is 4.87. The van der Waals surface area contributed by atoms with Crippen molar-refractivity contribution >= 4 is 35.6 Å². The summed E-state index contributed by atoms with van der Waals surface area (Å²) in [6.07, 6.45) is 0.0796. The SMILES string of the molecule is COc1ccc(Cl)c(Cl)c1[C@H]1C[C@H]2C(C=O)OC(=O)N2C1. The molecule has 112 valence electrons. The molecule has 2 saturated heterocycles. The first-order valence-electron chi connectivity index (χ1n) is 6.51. The highest BCUT2D eigenvalue weighted by Crippen LogP contribution is 2.45. The van der Waals surface area contributed by atoms with E-state index in [1.165, 1.54) is 0 Å². The number of amides is 1. The molecule has 0 spiro atoms. The number of methoxy groups -OCH3 is 1. The Morgan fingerprint density at radius 3 is 2.86 bits per heavy atom. The lowest BCUT2D eigenvalue weighted by molar-refractivity contribution is -0.114. The van der Waals surface area contributed by atoms with Gasteiger partial charge in [0.25, 0.3) is 0 Å². The molecule has 0 aromatic heterocycles. The van der Waals surface area contributed by atoms with Crippen molar-refractivity contribution in [2.24, 2.45) is 0 Å². The Balaban J connectivity index is 1.96. The number of rotatable bonds is 3. The lowest BCUT2D eigenvalue weighted by atomic mass is 9.94. The van der Waals surface area contributed by atoms with Crippen molar-refractivity contribution in [3.8, 4) is 5.75 Å². The Morgan fingerprint density at radius 2 is 2.19 bits per heavy atom. The molecule has 1 aromatic rings. The van der Waals surface area contributed by atoms with Gasteiger partial charge in [0.2, 0.25) is 0 Å². The molecule has 3 rings (SSSR count). The van der Waals surface area contributed by atoms with Gasteiger partial charge in [-0.15, -0.1) is 0 Å². The minimum atomic E-state index is -0.716. The number of nitrogens with zero attached hydrogens (tertiary/aromatic N) is 1. The molecule has 0 bridgehead atoms. The van der Waals surface area contributed by atoms with Gasteiger partial charge in [0, 0.05) is 18.0 Å². The number of fused-ring (bicyclic) bond motifs is 1. The first-order chi connectivity index (χ1) is 10.1. The molecule has 5 nitrogen and oxygen atoms in total. The number of ether oxygens (including phenoxy) is 2. The Bertz CT molecular complexity index is 607. The van der Waals surface area contributed by atoms with Crippen molar-refractivity contribution in [3.05, 3.63) is 27.7 Å². The fraction of sp³-hybridized carbons (Fsp3) is 0.429. The maximum Gasteiger partial charge on any atom is 0.410 e. The number of halogens is 2. The van der Waals surface area contributed by atoms with Gasteiger partial charge in [-0.05, 0) is 18.6 Å².